The monoisotopic (exact) mass is 265 g/mol. The second-order valence-corrected chi connectivity index (χ2v) is 5.07. The fraction of sp³-hybridized carbons (Fsp3) is 0.714. The van der Waals surface area contributed by atoms with Gasteiger partial charge in [-0.25, -0.2) is 4.98 Å². The van der Waals surface area contributed by atoms with Crippen LogP contribution in [0.25, 0.3) is 0 Å². The summed E-state index contributed by atoms with van der Waals surface area (Å²) in [5.74, 6) is -0.110. The summed E-state index contributed by atoms with van der Waals surface area (Å²) >= 11 is 0. The van der Waals surface area contributed by atoms with Crippen LogP contribution >= 0.6 is 0 Å². The van der Waals surface area contributed by atoms with Crippen molar-refractivity contribution in [3.8, 4) is 0 Å². The molecular weight excluding hydrogens is 242 g/mol. The zero-order valence-electron chi connectivity index (χ0n) is 11.8. The van der Waals surface area contributed by atoms with E-state index in [-0.39, 0.29) is 5.97 Å². The Bertz CT molecular complexity index is 417. The van der Waals surface area contributed by atoms with E-state index in [9.17, 15) is 4.79 Å². The third-order valence-corrected chi connectivity index (χ3v) is 3.88. The number of ether oxygens (including phenoxy) is 1. The molecule has 1 aliphatic heterocycles. The van der Waals surface area contributed by atoms with Crippen LogP contribution in [0.3, 0.4) is 0 Å². The standard InChI is InChI=1S/C14H23N3O2/c1-3-16-11-15-9-13(16)10-17-7-5-4-6-12(17)8-14(18)19-2/h9,11-12H,3-8,10H2,1-2H3. The van der Waals surface area contributed by atoms with Gasteiger partial charge >= 0.3 is 5.97 Å². The van der Waals surface area contributed by atoms with Crippen LogP contribution in [0.2, 0.25) is 0 Å². The van der Waals surface area contributed by atoms with Crippen molar-refractivity contribution in [3.63, 3.8) is 0 Å². The van der Waals surface area contributed by atoms with Crippen LogP contribution in [0.1, 0.15) is 38.3 Å². The number of carbonyl (C=O) groups excluding carboxylic acids is 1. The molecule has 0 aliphatic carbocycles. The number of aryl methyl sites for hydroxylation is 1. The first-order valence-electron chi connectivity index (χ1n) is 7.04. The summed E-state index contributed by atoms with van der Waals surface area (Å²) in [4.78, 5) is 18.1. The molecule has 0 N–H and O–H groups in total. The van der Waals surface area contributed by atoms with Crippen LogP contribution in [0.5, 0.6) is 0 Å². The fourth-order valence-corrected chi connectivity index (χ4v) is 2.75. The van der Waals surface area contributed by atoms with Gasteiger partial charge in [-0.2, -0.15) is 0 Å². The molecule has 106 valence electrons. The van der Waals surface area contributed by atoms with Crippen LogP contribution in [-0.4, -0.2) is 40.1 Å². The normalized spacial score (nSPS) is 20.4. The molecule has 1 saturated heterocycles. The molecule has 0 spiro atoms. The average Bonchev–Trinajstić information content (AvgIpc) is 2.88. The minimum Gasteiger partial charge on any atom is -0.469 e. The van der Waals surface area contributed by atoms with Gasteiger partial charge in [0.1, 0.15) is 0 Å². The number of esters is 1. The van der Waals surface area contributed by atoms with Crippen molar-refractivity contribution in [3.05, 3.63) is 18.2 Å². The SMILES string of the molecule is CCn1cncc1CN1CCCCC1CC(=O)OC. The Morgan fingerprint density at radius 3 is 3.11 bits per heavy atom. The minimum atomic E-state index is -0.110. The number of carbonyl (C=O) groups is 1. The van der Waals surface area contributed by atoms with Gasteiger partial charge in [-0.3, -0.25) is 9.69 Å². The van der Waals surface area contributed by atoms with E-state index in [0.717, 1.165) is 26.1 Å². The summed E-state index contributed by atoms with van der Waals surface area (Å²) in [5, 5.41) is 0. The Morgan fingerprint density at radius 2 is 2.37 bits per heavy atom. The number of nitrogens with zero attached hydrogens (tertiary/aromatic N) is 3. The molecule has 0 radical (unpaired) electrons. The third kappa shape index (κ3) is 3.56. The summed E-state index contributed by atoms with van der Waals surface area (Å²) in [7, 11) is 1.46. The maximum atomic E-state index is 11.5. The topological polar surface area (TPSA) is 47.4 Å². The van der Waals surface area contributed by atoms with Gasteiger partial charge in [0.15, 0.2) is 0 Å². The number of hydrogen-bond acceptors (Lipinski definition) is 4. The number of likely N-dealkylation sites (tertiary alicyclic amines) is 1. The molecule has 0 bridgehead atoms. The Hall–Kier alpha value is -1.36. The summed E-state index contributed by atoms with van der Waals surface area (Å²) in [6.07, 6.45) is 7.77. The molecule has 1 aromatic rings. The van der Waals surface area contributed by atoms with Gasteiger partial charge in [-0.05, 0) is 26.3 Å². The fourth-order valence-electron chi connectivity index (χ4n) is 2.75. The van der Waals surface area contributed by atoms with Crippen molar-refractivity contribution in [1.29, 1.82) is 0 Å². The van der Waals surface area contributed by atoms with E-state index in [1.54, 1.807) is 0 Å². The molecule has 1 aromatic heterocycles. The minimum absolute atomic E-state index is 0.110. The van der Waals surface area contributed by atoms with E-state index in [4.69, 9.17) is 4.74 Å². The molecule has 0 aromatic carbocycles. The maximum absolute atomic E-state index is 11.5. The lowest BCUT2D eigenvalue weighted by Gasteiger charge is -2.35. The lowest BCUT2D eigenvalue weighted by atomic mass is 9.99. The van der Waals surface area contributed by atoms with E-state index < -0.39 is 0 Å². The molecule has 5 nitrogen and oxygen atoms in total. The summed E-state index contributed by atoms with van der Waals surface area (Å²) in [5.41, 5.74) is 1.22. The highest BCUT2D eigenvalue weighted by molar-refractivity contribution is 5.69. The average molecular weight is 265 g/mol. The van der Waals surface area contributed by atoms with Crippen LogP contribution in [0.4, 0.5) is 0 Å². The zero-order valence-corrected chi connectivity index (χ0v) is 11.8. The maximum Gasteiger partial charge on any atom is 0.307 e. The number of imidazole rings is 1. The van der Waals surface area contributed by atoms with E-state index in [0.29, 0.717) is 12.5 Å². The third-order valence-electron chi connectivity index (χ3n) is 3.88. The van der Waals surface area contributed by atoms with E-state index in [2.05, 4.69) is 21.4 Å². The molecular formula is C14H23N3O2. The van der Waals surface area contributed by atoms with Crippen molar-refractivity contribution in [2.24, 2.45) is 0 Å². The van der Waals surface area contributed by atoms with Crippen LogP contribution < -0.4 is 0 Å². The van der Waals surface area contributed by atoms with Crippen LogP contribution in [0, 0.1) is 0 Å². The van der Waals surface area contributed by atoms with Gasteiger partial charge in [0.05, 0.1) is 25.6 Å². The van der Waals surface area contributed by atoms with Crippen LogP contribution in [0.15, 0.2) is 12.5 Å². The molecule has 2 rings (SSSR count). The molecule has 0 amide bonds. The first-order valence-corrected chi connectivity index (χ1v) is 7.04. The smallest absolute Gasteiger partial charge is 0.307 e. The van der Waals surface area contributed by atoms with Crippen molar-refractivity contribution in [2.45, 2.75) is 51.7 Å². The van der Waals surface area contributed by atoms with Crippen molar-refractivity contribution in [1.82, 2.24) is 14.5 Å². The number of aromatic nitrogens is 2. The Labute approximate surface area is 114 Å². The van der Waals surface area contributed by atoms with Crippen LogP contribution in [-0.2, 0) is 22.6 Å². The number of rotatable bonds is 5. The molecule has 5 heteroatoms. The predicted molar refractivity (Wildman–Crippen MR) is 72.6 cm³/mol. The Balaban J connectivity index is 2.01. The van der Waals surface area contributed by atoms with Gasteiger partial charge in [0.2, 0.25) is 0 Å². The zero-order chi connectivity index (χ0) is 13.7. The highest BCUT2D eigenvalue weighted by Gasteiger charge is 2.25. The van der Waals surface area contributed by atoms with Gasteiger partial charge in [0, 0.05) is 25.3 Å². The highest BCUT2D eigenvalue weighted by atomic mass is 16.5. The van der Waals surface area contributed by atoms with Gasteiger partial charge in [-0.15, -0.1) is 0 Å². The molecule has 2 heterocycles. The summed E-state index contributed by atoms with van der Waals surface area (Å²) < 4.78 is 6.95. The highest BCUT2D eigenvalue weighted by Crippen LogP contribution is 2.22. The quantitative estimate of drug-likeness (QED) is 0.762. The van der Waals surface area contributed by atoms with Gasteiger partial charge < -0.3 is 9.30 Å². The second kappa shape index (κ2) is 6.70. The number of piperidine rings is 1. The van der Waals surface area contributed by atoms with E-state index >= 15 is 0 Å². The van der Waals surface area contributed by atoms with Crippen molar-refractivity contribution >= 4 is 5.97 Å². The second-order valence-electron chi connectivity index (χ2n) is 5.07. The van der Waals surface area contributed by atoms with Gasteiger partial charge in [0.25, 0.3) is 0 Å². The van der Waals surface area contributed by atoms with Crippen molar-refractivity contribution < 1.29 is 9.53 Å². The lowest BCUT2D eigenvalue weighted by Crippen LogP contribution is -2.40. The van der Waals surface area contributed by atoms with E-state index in [1.165, 1.54) is 25.6 Å². The Kier molecular flexibility index (Phi) is 4.96. The predicted octanol–water partition coefficient (Wildman–Crippen LogP) is 1.82. The first kappa shape index (κ1) is 14.1. The molecule has 1 fully saturated rings. The molecule has 0 saturated carbocycles. The molecule has 1 atom stereocenters. The molecule has 1 unspecified atom stereocenters. The molecule has 19 heavy (non-hydrogen) atoms. The molecule has 1 aliphatic rings. The van der Waals surface area contributed by atoms with Gasteiger partial charge in [-0.1, -0.05) is 6.42 Å². The van der Waals surface area contributed by atoms with Crippen molar-refractivity contribution in [2.75, 3.05) is 13.7 Å². The Morgan fingerprint density at radius 1 is 1.53 bits per heavy atom. The first-order chi connectivity index (χ1) is 9.24. The number of hydrogen-bond donors (Lipinski definition) is 0. The lowest BCUT2D eigenvalue weighted by molar-refractivity contribution is -0.142. The number of methoxy groups -OCH3 is 1. The summed E-state index contributed by atoms with van der Waals surface area (Å²) in [6.45, 7) is 4.98. The largest absolute Gasteiger partial charge is 0.469 e. The summed E-state index contributed by atoms with van der Waals surface area (Å²) in [6, 6.07) is 0.307. The van der Waals surface area contributed by atoms with E-state index in [1.807, 2.05) is 12.5 Å².